The zero-order valence-electron chi connectivity index (χ0n) is 15.3. The molecule has 0 saturated carbocycles. The Kier molecular flexibility index (Phi) is 7.68. The second-order valence-corrected chi connectivity index (χ2v) is 7.48. The summed E-state index contributed by atoms with van der Waals surface area (Å²) in [5, 5.41) is 4.17. The summed E-state index contributed by atoms with van der Waals surface area (Å²) in [6.07, 6.45) is 3.55. The molecule has 0 aliphatic carbocycles. The van der Waals surface area contributed by atoms with Gasteiger partial charge in [0.15, 0.2) is 11.5 Å². The fourth-order valence-electron chi connectivity index (χ4n) is 3.88. The Labute approximate surface area is 162 Å². The van der Waals surface area contributed by atoms with Crippen molar-refractivity contribution < 1.29 is 9.47 Å². The Morgan fingerprint density at radius 1 is 1.24 bits per heavy atom. The van der Waals surface area contributed by atoms with Gasteiger partial charge >= 0.3 is 0 Å². The summed E-state index contributed by atoms with van der Waals surface area (Å²) in [5.41, 5.74) is 1.70. The Hall–Kier alpha value is -0.680. The van der Waals surface area contributed by atoms with Crippen LogP contribution in [-0.4, -0.2) is 44.3 Å². The van der Waals surface area contributed by atoms with Gasteiger partial charge in [0, 0.05) is 19.6 Å². The van der Waals surface area contributed by atoms with Crippen molar-refractivity contribution in [2.45, 2.75) is 39.7 Å². The molecule has 0 bridgehead atoms. The number of nitrogens with zero attached hydrogens (tertiary/aromatic N) is 1. The van der Waals surface area contributed by atoms with Crippen molar-refractivity contribution in [1.29, 1.82) is 0 Å². The number of likely N-dealkylation sites (tertiary alicyclic amines) is 1. The van der Waals surface area contributed by atoms with Crippen molar-refractivity contribution in [2.75, 3.05) is 39.4 Å². The number of nitrogens with one attached hydrogen (secondary N) is 1. The summed E-state index contributed by atoms with van der Waals surface area (Å²) in [7, 11) is 0. The van der Waals surface area contributed by atoms with E-state index in [0.717, 1.165) is 38.3 Å². The normalized spacial score (nSPS) is 23.0. The third kappa shape index (κ3) is 4.94. The van der Waals surface area contributed by atoms with E-state index in [2.05, 4.69) is 23.2 Å². The van der Waals surface area contributed by atoms with Crippen LogP contribution in [0.5, 0.6) is 11.5 Å². The predicted molar refractivity (Wildman–Crippen MR) is 105 cm³/mol. The molecule has 2 heterocycles. The molecule has 2 aliphatic heterocycles. The van der Waals surface area contributed by atoms with Gasteiger partial charge < -0.3 is 14.8 Å². The van der Waals surface area contributed by atoms with Crippen molar-refractivity contribution in [3.63, 3.8) is 0 Å². The maximum atomic E-state index is 6.48. The van der Waals surface area contributed by atoms with Gasteiger partial charge in [0.05, 0.1) is 18.2 Å². The van der Waals surface area contributed by atoms with Crippen molar-refractivity contribution in [3.05, 3.63) is 22.7 Å². The van der Waals surface area contributed by atoms with Crippen LogP contribution in [-0.2, 0) is 6.54 Å². The molecule has 0 radical (unpaired) electrons. The first kappa shape index (κ1) is 20.6. The van der Waals surface area contributed by atoms with Crippen LogP contribution >= 0.6 is 24.0 Å². The van der Waals surface area contributed by atoms with Crippen LogP contribution in [0.2, 0.25) is 5.02 Å². The number of halogens is 2. The highest BCUT2D eigenvalue weighted by atomic mass is 35.5. The average Bonchev–Trinajstić information content (AvgIpc) is 3.17. The number of rotatable bonds is 7. The lowest BCUT2D eigenvalue weighted by atomic mass is 9.86. The van der Waals surface area contributed by atoms with Gasteiger partial charge in [-0.25, -0.2) is 0 Å². The Balaban J connectivity index is 0.00000225. The van der Waals surface area contributed by atoms with Crippen LogP contribution in [0.25, 0.3) is 0 Å². The van der Waals surface area contributed by atoms with Gasteiger partial charge in [-0.05, 0) is 62.4 Å². The first-order chi connectivity index (χ1) is 11.7. The van der Waals surface area contributed by atoms with Gasteiger partial charge in [-0.2, -0.15) is 0 Å². The second-order valence-electron chi connectivity index (χ2n) is 7.07. The highest BCUT2D eigenvalue weighted by molar-refractivity contribution is 6.32. The van der Waals surface area contributed by atoms with Gasteiger partial charge in [0.25, 0.3) is 0 Å². The molecule has 1 atom stereocenters. The minimum atomic E-state index is 0. The van der Waals surface area contributed by atoms with E-state index in [1.165, 1.54) is 24.9 Å². The van der Waals surface area contributed by atoms with Crippen molar-refractivity contribution in [1.82, 2.24) is 10.2 Å². The van der Waals surface area contributed by atoms with E-state index in [0.29, 0.717) is 29.4 Å². The molecule has 0 amide bonds. The lowest BCUT2D eigenvalue weighted by molar-refractivity contribution is 0.265. The van der Waals surface area contributed by atoms with Crippen LogP contribution in [0.4, 0.5) is 0 Å². The number of hydrogen-bond donors (Lipinski definition) is 1. The van der Waals surface area contributed by atoms with Gasteiger partial charge in [0.2, 0.25) is 0 Å². The lowest BCUT2D eigenvalue weighted by Crippen LogP contribution is -2.28. The number of benzene rings is 1. The van der Waals surface area contributed by atoms with E-state index in [1.54, 1.807) is 0 Å². The lowest BCUT2D eigenvalue weighted by Gasteiger charge is -2.23. The second kappa shape index (κ2) is 9.31. The monoisotopic (exact) mass is 388 g/mol. The summed E-state index contributed by atoms with van der Waals surface area (Å²) >= 11 is 6.48. The molecule has 1 spiro atoms. The minimum absolute atomic E-state index is 0. The van der Waals surface area contributed by atoms with Gasteiger partial charge in [-0.15, -0.1) is 12.4 Å². The molecule has 1 aromatic rings. The summed E-state index contributed by atoms with van der Waals surface area (Å²) in [6.45, 7) is 10.9. The molecule has 142 valence electrons. The minimum Gasteiger partial charge on any atom is -0.490 e. The van der Waals surface area contributed by atoms with Crippen LogP contribution in [0.3, 0.4) is 0 Å². The van der Waals surface area contributed by atoms with E-state index in [9.17, 15) is 0 Å². The standard InChI is InChI=1S/C19H29ClN2O2.ClH/c1-3-9-24-18-16(20)10-15(11-17(18)23-4-2)12-22-8-6-19(14-22)5-7-21-13-19;/h10-11,21H,3-9,12-14H2,1-2H3;1H. The topological polar surface area (TPSA) is 33.7 Å². The van der Waals surface area contributed by atoms with E-state index in [1.807, 2.05) is 13.0 Å². The molecular weight excluding hydrogens is 359 g/mol. The highest BCUT2D eigenvalue weighted by Crippen LogP contribution is 2.39. The average molecular weight is 389 g/mol. The molecule has 2 aliphatic rings. The van der Waals surface area contributed by atoms with E-state index in [4.69, 9.17) is 21.1 Å². The molecule has 2 saturated heterocycles. The van der Waals surface area contributed by atoms with Gasteiger partial charge in [0.1, 0.15) is 0 Å². The Morgan fingerprint density at radius 2 is 2.08 bits per heavy atom. The summed E-state index contributed by atoms with van der Waals surface area (Å²) in [5.74, 6) is 1.45. The zero-order chi connectivity index (χ0) is 17.0. The number of ether oxygens (including phenoxy) is 2. The third-order valence-electron chi connectivity index (χ3n) is 5.08. The van der Waals surface area contributed by atoms with Gasteiger partial charge in [-0.3, -0.25) is 4.90 Å². The van der Waals surface area contributed by atoms with Crippen molar-refractivity contribution in [2.24, 2.45) is 5.41 Å². The van der Waals surface area contributed by atoms with E-state index >= 15 is 0 Å². The maximum Gasteiger partial charge on any atom is 0.179 e. The molecular formula is C19H30Cl2N2O2. The van der Waals surface area contributed by atoms with E-state index < -0.39 is 0 Å². The molecule has 1 aromatic carbocycles. The van der Waals surface area contributed by atoms with Crippen LogP contribution in [0.1, 0.15) is 38.7 Å². The van der Waals surface area contributed by atoms with Gasteiger partial charge in [-0.1, -0.05) is 18.5 Å². The first-order valence-electron chi connectivity index (χ1n) is 9.17. The SMILES string of the molecule is CCCOc1c(Cl)cc(CN2CCC3(CCNC3)C2)cc1OCC.Cl. The molecule has 3 rings (SSSR count). The molecule has 1 N–H and O–H groups in total. The molecule has 6 heteroatoms. The Morgan fingerprint density at radius 3 is 2.76 bits per heavy atom. The van der Waals surface area contributed by atoms with Crippen molar-refractivity contribution in [3.8, 4) is 11.5 Å². The molecule has 1 unspecified atom stereocenters. The first-order valence-corrected chi connectivity index (χ1v) is 9.55. The Bertz CT molecular complexity index is 563. The highest BCUT2D eigenvalue weighted by Gasteiger charge is 2.40. The summed E-state index contributed by atoms with van der Waals surface area (Å²) in [4.78, 5) is 2.54. The summed E-state index contributed by atoms with van der Waals surface area (Å²) in [6, 6.07) is 4.13. The zero-order valence-corrected chi connectivity index (χ0v) is 16.8. The fraction of sp³-hybridized carbons (Fsp3) is 0.684. The smallest absolute Gasteiger partial charge is 0.179 e. The maximum absolute atomic E-state index is 6.48. The molecule has 0 aromatic heterocycles. The molecule has 2 fully saturated rings. The predicted octanol–water partition coefficient (Wildman–Crippen LogP) is 4.13. The van der Waals surface area contributed by atoms with E-state index in [-0.39, 0.29) is 12.4 Å². The third-order valence-corrected chi connectivity index (χ3v) is 5.36. The molecule has 4 nitrogen and oxygen atoms in total. The van der Waals surface area contributed by atoms with Crippen LogP contribution in [0, 0.1) is 5.41 Å². The number of hydrogen-bond acceptors (Lipinski definition) is 4. The van der Waals surface area contributed by atoms with Crippen LogP contribution in [0.15, 0.2) is 12.1 Å². The quantitative estimate of drug-likeness (QED) is 0.760. The van der Waals surface area contributed by atoms with Crippen LogP contribution < -0.4 is 14.8 Å². The van der Waals surface area contributed by atoms with Crippen molar-refractivity contribution >= 4 is 24.0 Å². The largest absolute Gasteiger partial charge is 0.490 e. The molecule has 25 heavy (non-hydrogen) atoms. The summed E-state index contributed by atoms with van der Waals surface area (Å²) < 4.78 is 11.6. The fourth-order valence-corrected chi connectivity index (χ4v) is 4.17.